The zero-order chi connectivity index (χ0) is 20.9. The molecule has 7 nitrogen and oxygen atoms in total. The molecule has 0 saturated carbocycles. The van der Waals surface area contributed by atoms with E-state index in [-0.39, 0.29) is 24.1 Å². The van der Waals surface area contributed by atoms with E-state index in [1.54, 1.807) is 41.8 Å². The zero-order valence-electron chi connectivity index (χ0n) is 16.1. The van der Waals surface area contributed by atoms with E-state index in [4.69, 9.17) is 4.74 Å². The second kappa shape index (κ2) is 9.51. The van der Waals surface area contributed by atoms with Crippen molar-refractivity contribution < 1.29 is 22.7 Å². The van der Waals surface area contributed by atoms with E-state index in [9.17, 15) is 18.0 Å². The van der Waals surface area contributed by atoms with E-state index in [0.29, 0.717) is 11.5 Å². The van der Waals surface area contributed by atoms with E-state index in [1.165, 1.54) is 11.3 Å². The molecular weight excluding hydrogens is 412 g/mol. The summed E-state index contributed by atoms with van der Waals surface area (Å²) in [4.78, 5) is 25.0. The highest BCUT2D eigenvalue weighted by Crippen LogP contribution is 2.31. The number of ether oxygens (including phenoxy) is 1. The molecule has 1 aliphatic rings. The van der Waals surface area contributed by atoms with Crippen molar-refractivity contribution in [3.05, 3.63) is 52.2 Å². The van der Waals surface area contributed by atoms with Crippen LogP contribution in [0.15, 0.2) is 46.7 Å². The van der Waals surface area contributed by atoms with Gasteiger partial charge in [-0.1, -0.05) is 23.8 Å². The highest BCUT2D eigenvalue weighted by Gasteiger charge is 2.31. The van der Waals surface area contributed by atoms with E-state index in [0.717, 1.165) is 18.4 Å². The van der Waals surface area contributed by atoms with Gasteiger partial charge in [0, 0.05) is 24.6 Å². The van der Waals surface area contributed by atoms with Crippen molar-refractivity contribution in [2.24, 2.45) is 0 Å². The Hall–Kier alpha value is -2.23. The first-order valence-corrected chi connectivity index (χ1v) is 11.8. The van der Waals surface area contributed by atoms with E-state index < -0.39 is 26.9 Å². The molecule has 1 aliphatic heterocycles. The van der Waals surface area contributed by atoms with Gasteiger partial charge in [0.25, 0.3) is 0 Å². The van der Waals surface area contributed by atoms with Gasteiger partial charge in [0.15, 0.2) is 9.84 Å². The van der Waals surface area contributed by atoms with Crippen LogP contribution in [0.1, 0.15) is 28.5 Å². The maximum Gasteiger partial charge on any atom is 0.309 e. The van der Waals surface area contributed by atoms with Crippen LogP contribution in [0.3, 0.4) is 0 Å². The highest BCUT2D eigenvalue weighted by molar-refractivity contribution is 7.91. The molecule has 1 aromatic heterocycles. The third kappa shape index (κ3) is 5.43. The lowest BCUT2D eigenvalue weighted by molar-refractivity contribution is -0.139. The van der Waals surface area contributed by atoms with Crippen molar-refractivity contribution in [2.45, 2.75) is 36.0 Å². The topological polar surface area (TPSA) is 102 Å². The summed E-state index contributed by atoms with van der Waals surface area (Å²) >= 11 is 1.30. The van der Waals surface area contributed by atoms with Crippen LogP contribution in [-0.4, -0.2) is 46.0 Å². The summed E-state index contributed by atoms with van der Waals surface area (Å²) in [6, 6.07) is 10.0. The molecule has 0 spiro atoms. The molecule has 2 heterocycles. The van der Waals surface area contributed by atoms with E-state index in [1.807, 2.05) is 6.92 Å². The van der Waals surface area contributed by atoms with Gasteiger partial charge >= 0.3 is 11.8 Å². The molecule has 2 aromatic rings. The fraction of sp³-hybridized carbons (Fsp3) is 0.400. The Kier molecular flexibility index (Phi) is 7.05. The van der Waals surface area contributed by atoms with Gasteiger partial charge in [-0.05, 0) is 43.3 Å². The van der Waals surface area contributed by atoms with Crippen LogP contribution in [0.25, 0.3) is 0 Å². The molecule has 156 valence electrons. The highest BCUT2D eigenvalue weighted by atomic mass is 32.2. The monoisotopic (exact) mass is 436 g/mol. The van der Waals surface area contributed by atoms with Crippen molar-refractivity contribution in [3.63, 3.8) is 0 Å². The zero-order valence-corrected chi connectivity index (χ0v) is 17.7. The number of benzene rings is 1. The minimum absolute atomic E-state index is 0.0764. The number of nitrogens with one attached hydrogen (secondary N) is 2. The Bertz CT molecular complexity index is 934. The van der Waals surface area contributed by atoms with Gasteiger partial charge < -0.3 is 15.4 Å². The van der Waals surface area contributed by atoms with Crippen molar-refractivity contribution in [3.8, 4) is 0 Å². The molecule has 0 radical (unpaired) electrons. The third-order valence-corrected chi connectivity index (χ3v) is 7.99. The average Bonchev–Trinajstić information content (AvgIpc) is 3.40. The number of sulfone groups is 1. The van der Waals surface area contributed by atoms with Crippen LogP contribution in [0.4, 0.5) is 0 Å². The molecule has 2 atom stereocenters. The Labute approximate surface area is 174 Å². The molecule has 9 heteroatoms. The smallest absolute Gasteiger partial charge is 0.309 e. The summed E-state index contributed by atoms with van der Waals surface area (Å²) < 4.78 is 31.7. The van der Waals surface area contributed by atoms with Crippen molar-refractivity contribution >= 4 is 33.0 Å². The summed E-state index contributed by atoms with van der Waals surface area (Å²) in [5, 5.41) is 5.81. The summed E-state index contributed by atoms with van der Waals surface area (Å²) in [5.41, 5.74) is 0.952. The predicted octanol–water partition coefficient (Wildman–Crippen LogP) is 1.98. The fourth-order valence-corrected chi connectivity index (χ4v) is 5.87. The molecule has 1 fully saturated rings. The number of amides is 2. The number of carbonyl (C=O) groups excluding carboxylic acids is 2. The van der Waals surface area contributed by atoms with Gasteiger partial charge in [-0.3, -0.25) is 9.59 Å². The number of carbonyl (C=O) groups is 2. The molecule has 3 rings (SSSR count). The maximum atomic E-state index is 13.2. The molecule has 2 N–H and O–H groups in total. The van der Waals surface area contributed by atoms with Gasteiger partial charge in [0.1, 0.15) is 5.25 Å². The van der Waals surface area contributed by atoms with Gasteiger partial charge in [0.05, 0.1) is 11.0 Å². The van der Waals surface area contributed by atoms with E-state index in [2.05, 4.69) is 10.6 Å². The molecule has 0 unspecified atom stereocenters. The Balaban J connectivity index is 1.67. The second-order valence-electron chi connectivity index (χ2n) is 6.92. The second-order valence-corrected chi connectivity index (χ2v) is 10.0. The standard InChI is InChI=1S/C20H24N2O5S2/c1-14-6-8-16(9-7-14)29(25,26)18(17-5-3-11-28-17)13-22-20(24)19(23)21-12-15-4-2-10-27-15/h3,5-9,11,15,18H,2,4,10,12-13H2,1H3,(H,21,23)(H,22,24)/t15-,18-/m1/s1. The summed E-state index contributed by atoms with van der Waals surface area (Å²) in [5.74, 6) is -1.65. The van der Waals surface area contributed by atoms with Crippen LogP contribution in [-0.2, 0) is 24.2 Å². The van der Waals surface area contributed by atoms with Crippen LogP contribution >= 0.6 is 11.3 Å². The quantitative estimate of drug-likeness (QED) is 0.647. The van der Waals surface area contributed by atoms with Crippen molar-refractivity contribution in [1.29, 1.82) is 0 Å². The Morgan fingerprint density at radius 2 is 1.90 bits per heavy atom. The average molecular weight is 437 g/mol. The Morgan fingerprint density at radius 1 is 1.17 bits per heavy atom. The number of hydrogen-bond acceptors (Lipinski definition) is 6. The number of thiophene rings is 1. The first-order chi connectivity index (χ1) is 13.9. The molecule has 1 aromatic carbocycles. The van der Waals surface area contributed by atoms with Gasteiger partial charge in [-0.25, -0.2) is 8.42 Å². The lowest BCUT2D eigenvalue weighted by atomic mass is 10.2. The lowest BCUT2D eigenvalue weighted by Crippen LogP contribution is -2.44. The molecule has 29 heavy (non-hydrogen) atoms. The minimum atomic E-state index is -3.74. The largest absolute Gasteiger partial charge is 0.376 e. The number of rotatable bonds is 7. The summed E-state index contributed by atoms with van der Waals surface area (Å²) in [7, 11) is -3.74. The predicted molar refractivity (Wildman–Crippen MR) is 110 cm³/mol. The van der Waals surface area contributed by atoms with E-state index >= 15 is 0 Å². The first-order valence-electron chi connectivity index (χ1n) is 9.39. The molecule has 1 saturated heterocycles. The lowest BCUT2D eigenvalue weighted by Gasteiger charge is -2.18. The summed E-state index contributed by atoms with van der Waals surface area (Å²) in [6.45, 7) is 2.61. The summed E-state index contributed by atoms with van der Waals surface area (Å²) in [6.07, 6.45) is 1.70. The number of aryl methyl sites for hydroxylation is 1. The number of hydrogen-bond donors (Lipinski definition) is 2. The van der Waals surface area contributed by atoms with Crippen LogP contribution in [0, 0.1) is 6.92 Å². The maximum absolute atomic E-state index is 13.2. The van der Waals surface area contributed by atoms with Gasteiger partial charge in [0.2, 0.25) is 0 Å². The Morgan fingerprint density at radius 3 is 2.52 bits per heavy atom. The SMILES string of the molecule is Cc1ccc(S(=O)(=O)[C@H](CNC(=O)C(=O)NC[C@H]2CCCO2)c2cccs2)cc1. The molecule has 2 amide bonds. The van der Waals surface area contributed by atoms with Crippen LogP contribution in [0.2, 0.25) is 0 Å². The van der Waals surface area contributed by atoms with Crippen LogP contribution < -0.4 is 10.6 Å². The van der Waals surface area contributed by atoms with Gasteiger partial charge in [-0.15, -0.1) is 11.3 Å². The first kappa shape index (κ1) is 21.5. The van der Waals surface area contributed by atoms with Gasteiger partial charge in [-0.2, -0.15) is 0 Å². The fourth-order valence-electron chi connectivity index (χ4n) is 3.09. The van der Waals surface area contributed by atoms with Crippen molar-refractivity contribution in [2.75, 3.05) is 19.7 Å². The molecule has 0 aliphatic carbocycles. The van der Waals surface area contributed by atoms with Crippen LogP contribution in [0.5, 0.6) is 0 Å². The molecule has 0 bridgehead atoms. The third-order valence-electron chi connectivity index (χ3n) is 4.75. The van der Waals surface area contributed by atoms with Crippen molar-refractivity contribution in [1.82, 2.24) is 10.6 Å². The molecular formula is C20H24N2O5S2. The normalized spacial score (nSPS) is 17.6. The minimum Gasteiger partial charge on any atom is -0.376 e.